The predicted octanol–water partition coefficient (Wildman–Crippen LogP) is 1.56. The second-order valence-corrected chi connectivity index (χ2v) is 3.73. The molecule has 0 bridgehead atoms. The van der Waals surface area contributed by atoms with Crippen LogP contribution in [-0.2, 0) is 6.61 Å². The highest BCUT2D eigenvalue weighted by Gasteiger charge is 2.19. The summed E-state index contributed by atoms with van der Waals surface area (Å²) in [5, 5.41) is 28.2. The number of nitro groups is 1. The molecule has 0 radical (unpaired) electrons. The third-order valence-electron chi connectivity index (χ3n) is 1.63. The van der Waals surface area contributed by atoms with Gasteiger partial charge in [0.2, 0.25) is 0 Å². The smallest absolute Gasteiger partial charge is 0.292 e. The molecule has 0 amide bonds. The summed E-state index contributed by atoms with van der Waals surface area (Å²) in [4.78, 5) is 9.96. The van der Waals surface area contributed by atoms with Gasteiger partial charge in [-0.05, 0) is 34.7 Å². The summed E-state index contributed by atoms with van der Waals surface area (Å²) in [6, 6.07) is 4.64. The lowest BCUT2D eigenvalue weighted by atomic mass is 10.1. The molecule has 0 saturated carbocycles. The van der Waals surface area contributed by atoms with E-state index in [0.29, 0.717) is 3.57 Å². The van der Waals surface area contributed by atoms with Crippen molar-refractivity contribution in [1.82, 2.24) is 0 Å². The summed E-state index contributed by atoms with van der Waals surface area (Å²) in [6.45, 7) is -0.443. The van der Waals surface area contributed by atoms with E-state index >= 15 is 0 Å². The number of nitrogens with zero attached hydrogens (tertiary/aromatic N) is 2. The highest BCUT2D eigenvalue weighted by atomic mass is 127. The van der Waals surface area contributed by atoms with Crippen LogP contribution in [0.15, 0.2) is 12.1 Å². The van der Waals surface area contributed by atoms with Crippen molar-refractivity contribution in [2.24, 2.45) is 0 Å². The molecule has 6 heteroatoms. The summed E-state index contributed by atoms with van der Waals surface area (Å²) < 4.78 is 0.689. The summed E-state index contributed by atoms with van der Waals surface area (Å²) in [5.74, 6) is 0. The number of aliphatic hydroxyl groups excluding tert-OH is 1. The third kappa shape index (κ3) is 2.00. The zero-order chi connectivity index (χ0) is 10.7. The molecule has 0 aromatic heterocycles. The van der Waals surface area contributed by atoms with Gasteiger partial charge in [0.15, 0.2) is 0 Å². The van der Waals surface area contributed by atoms with Crippen molar-refractivity contribution in [2.45, 2.75) is 6.61 Å². The standard InChI is InChI=1S/C8H5IN2O3/c9-7-1-5(3-10)8(11(13)14)6(2-7)4-12/h1-2,12H,4H2. The molecule has 1 aromatic carbocycles. The van der Waals surface area contributed by atoms with E-state index in [-0.39, 0.29) is 16.8 Å². The molecule has 0 aliphatic heterocycles. The number of benzene rings is 1. The van der Waals surface area contributed by atoms with Crippen LogP contribution in [0.3, 0.4) is 0 Å². The minimum Gasteiger partial charge on any atom is -0.391 e. The van der Waals surface area contributed by atoms with Crippen molar-refractivity contribution in [2.75, 3.05) is 0 Å². The van der Waals surface area contributed by atoms with Gasteiger partial charge in [0.1, 0.15) is 11.6 Å². The van der Waals surface area contributed by atoms with E-state index in [4.69, 9.17) is 10.4 Å². The maximum Gasteiger partial charge on any atom is 0.292 e. The van der Waals surface area contributed by atoms with Crippen LogP contribution < -0.4 is 0 Å². The van der Waals surface area contributed by atoms with Crippen molar-refractivity contribution in [3.63, 3.8) is 0 Å². The largest absolute Gasteiger partial charge is 0.391 e. The lowest BCUT2D eigenvalue weighted by Gasteiger charge is -2.01. The molecule has 0 atom stereocenters. The molecule has 0 fully saturated rings. The zero-order valence-electron chi connectivity index (χ0n) is 6.90. The Morgan fingerprint density at radius 1 is 1.64 bits per heavy atom. The quantitative estimate of drug-likeness (QED) is 0.510. The summed E-state index contributed by atoms with van der Waals surface area (Å²) >= 11 is 1.93. The van der Waals surface area contributed by atoms with Gasteiger partial charge in [0.05, 0.1) is 17.1 Å². The normalized spacial score (nSPS) is 9.50. The molecule has 0 heterocycles. The van der Waals surface area contributed by atoms with E-state index in [1.807, 2.05) is 22.6 Å². The van der Waals surface area contributed by atoms with Crippen LogP contribution in [-0.4, -0.2) is 10.0 Å². The Hall–Kier alpha value is -1.20. The van der Waals surface area contributed by atoms with Crippen molar-refractivity contribution < 1.29 is 10.0 Å². The maximum atomic E-state index is 10.6. The average molecular weight is 304 g/mol. The van der Waals surface area contributed by atoms with Gasteiger partial charge in [0, 0.05) is 3.57 Å². The van der Waals surface area contributed by atoms with Crippen LogP contribution in [0.25, 0.3) is 0 Å². The number of nitro benzene ring substituents is 1. The minimum absolute atomic E-state index is 0.0223. The molecule has 0 aliphatic rings. The summed E-state index contributed by atoms with van der Waals surface area (Å²) in [7, 11) is 0. The van der Waals surface area contributed by atoms with Gasteiger partial charge in [-0.1, -0.05) is 0 Å². The van der Waals surface area contributed by atoms with Crippen molar-refractivity contribution >= 4 is 28.3 Å². The van der Waals surface area contributed by atoms with Crippen LogP contribution >= 0.6 is 22.6 Å². The van der Waals surface area contributed by atoms with E-state index in [1.165, 1.54) is 12.1 Å². The molecule has 0 aliphatic carbocycles. The van der Waals surface area contributed by atoms with Gasteiger partial charge in [-0.3, -0.25) is 10.1 Å². The molecule has 1 aromatic rings. The van der Waals surface area contributed by atoms with Crippen LogP contribution in [0, 0.1) is 25.0 Å². The molecule has 14 heavy (non-hydrogen) atoms. The molecule has 0 spiro atoms. The number of rotatable bonds is 2. The van der Waals surface area contributed by atoms with Crippen molar-refractivity contribution in [3.05, 3.63) is 36.9 Å². The molecule has 0 unspecified atom stereocenters. The van der Waals surface area contributed by atoms with Gasteiger partial charge in [-0.15, -0.1) is 0 Å². The van der Waals surface area contributed by atoms with Crippen LogP contribution in [0.2, 0.25) is 0 Å². The third-order valence-corrected chi connectivity index (χ3v) is 2.25. The molecule has 72 valence electrons. The highest BCUT2D eigenvalue weighted by Crippen LogP contribution is 2.25. The van der Waals surface area contributed by atoms with Gasteiger partial charge in [-0.2, -0.15) is 5.26 Å². The Morgan fingerprint density at radius 2 is 2.29 bits per heavy atom. The number of hydrogen-bond donors (Lipinski definition) is 1. The molecule has 1 rings (SSSR count). The predicted molar refractivity (Wildman–Crippen MR) is 56.5 cm³/mol. The van der Waals surface area contributed by atoms with E-state index in [1.54, 1.807) is 6.07 Å². The molecular formula is C8H5IN2O3. The number of hydrogen-bond acceptors (Lipinski definition) is 4. The van der Waals surface area contributed by atoms with Crippen molar-refractivity contribution in [1.29, 1.82) is 5.26 Å². The van der Waals surface area contributed by atoms with Crippen LogP contribution in [0.4, 0.5) is 5.69 Å². The van der Waals surface area contributed by atoms with E-state index in [9.17, 15) is 10.1 Å². The maximum absolute atomic E-state index is 10.6. The first-order valence-electron chi connectivity index (χ1n) is 3.58. The van der Waals surface area contributed by atoms with Gasteiger partial charge < -0.3 is 5.11 Å². The molecule has 1 N–H and O–H groups in total. The van der Waals surface area contributed by atoms with E-state index in [2.05, 4.69) is 0 Å². The van der Waals surface area contributed by atoms with E-state index in [0.717, 1.165) is 0 Å². The van der Waals surface area contributed by atoms with Crippen molar-refractivity contribution in [3.8, 4) is 6.07 Å². The Morgan fingerprint density at radius 3 is 2.71 bits per heavy atom. The molecule has 5 nitrogen and oxygen atoms in total. The second-order valence-electron chi connectivity index (χ2n) is 2.49. The molecule has 0 saturated heterocycles. The number of nitriles is 1. The van der Waals surface area contributed by atoms with Gasteiger partial charge in [-0.25, -0.2) is 0 Å². The number of halogens is 1. The fourth-order valence-electron chi connectivity index (χ4n) is 1.08. The summed E-state index contributed by atoms with van der Waals surface area (Å²) in [6.07, 6.45) is 0. The summed E-state index contributed by atoms with van der Waals surface area (Å²) in [5.41, 5.74) is -0.167. The lowest BCUT2D eigenvalue weighted by Crippen LogP contribution is -1.99. The van der Waals surface area contributed by atoms with E-state index < -0.39 is 11.5 Å². The SMILES string of the molecule is N#Cc1cc(I)cc(CO)c1[N+](=O)[O-]. The van der Waals surface area contributed by atoms with Crippen LogP contribution in [0.5, 0.6) is 0 Å². The Bertz CT molecular complexity index is 425. The van der Waals surface area contributed by atoms with Gasteiger partial charge >= 0.3 is 0 Å². The average Bonchev–Trinajstić information content (AvgIpc) is 2.15. The fraction of sp³-hybridized carbons (Fsp3) is 0.125. The first-order chi connectivity index (χ1) is 6.60. The zero-order valence-corrected chi connectivity index (χ0v) is 9.06. The fourth-order valence-corrected chi connectivity index (χ4v) is 1.76. The Kier molecular flexibility index (Phi) is 3.38. The Balaban J connectivity index is 3.50. The monoisotopic (exact) mass is 304 g/mol. The first-order valence-corrected chi connectivity index (χ1v) is 4.65. The highest BCUT2D eigenvalue weighted by molar-refractivity contribution is 14.1. The second kappa shape index (κ2) is 4.34. The minimum atomic E-state index is -0.653. The topological polar surface area (TPSA) is 87.2 Å². The number of aliphatic hydroxyl groups is 1. The molecular weight excluding hydrogens is 299 g/mol. The lowest BCUT2D eigenvalue weighted by molar-refractivity contribution is -0.386. The van der Waals surface area contributed by atoms with Crippen LogP contribution in [0.1, 0.15) is 11.1 Å². The van der Waals surface area contributed by atoms with Gasteiger partial charge in [0.25, 0.3) is 5.69 Å². The first kappa shape index (κ1) is 10.9. The Labute approximate surface area is 93.3 Å².